The van der Waals surface area contributed by atoms with Crippen LogP contribution < -0.4 is 14.8 Å². The van der Waals surface area contributed by atoms with Gasteiger partial charge in [0.15, 0.2) is 0 Å². The predicted molar refractivity (Wildman–Crippen MR) is 91.4 cm³/mol. The van der Waals surface area contributed by atoms with Crippen LogP contribution in [0.4, 0.5) is 0 Å². The van der Waals surface area contributed by atoms with Crippen LogP contribution in [0.1, 0.15) is 22.9 Å². The Balaban J connectivity index is 1.86. The van der Waals surface area contributed by atoms with Gasteiger partial charge >= 0.3 is 0 Å². The summed E-state index contributed by atoms with van der Waals surface area (Å²) in [7, 11) is 3.37. The molecule has 4 nitrogen and oxygen atoms in total. The lowest BCUT2D eigenvalue weighted by Gasteiger charge is -2.26. The van der Waals surface area contributed by atoms with Gasteiger partial charge in [0.2, 0.25) is 0 Å². The third-order valence-electron chi connectivity index (χ3n) is 4.61. The van der Waals surface area contributed by atoms with Crippen LogP contribution in [0.5, 0.6) is 11.5 Å². The molecule has 1 aromatic heterocycles. The van der Waals surface area contributed by atoms with Crippen molar-refractivity contribution in [2.75, 3.05) is 20.8 Å². The van der Waals surface area contributed by atoms with E-state index in [9.17, 15) is 0 Å². The first-order valence-electron chi connectivity index (χ1n) is 7.86. The van der Waals surface area contributed by atoms with Crippen LogP contribution in [-0.2, 0) is 6.42 Å². The Morgan fingerprint density at radius 3 is 2.74 bits per heavy atom. The quantitative estimate of drug-likeness (QED) is 0.779. The number of benzene rings is 2. The van der Waals surface area contributed by atoms with E-state index in [0.29, 0.717) is 0 Å². The highest BCUT2D eigenvalue weighted by Crippen LogP contribution is 2.38. The third kappa shape index (κ3) is 2.26. The van der Waals surface area contributed by atoms with Crippen molar-refractivity contribution >= 4 is 10.9 Å². The van der Waals surface area contributed by atoms with Crippen LogP contribution in [0.3, 0.4) is 0 Å². The molecule has 0 saturated carbocycles. The minimum absolute atomic E-state index is 0.104. The molecule has 0 bridgehead atoms. The molecule has 3 aromatic rings. The minimum Gasteiger partial charge on any atom is -0.497 e. The van der Waals surface area contributed by atoms with Crippen molar-refractivity contribution in [3.05, 3.63) is 59.3 Å². The van der Waals surface area contributed by atoms with E-state index in [1.165, 1.54) is 22.2 Å². The molecule has 0 aliphatic carbocycles. The zero-order chi connectivity index (χ0) is 15.8. The van der Waals surface area contributed by atoms with Crippen molar-refractivity contribution in [2.45, 2.75) is 12.5 Å². The molecule has 0 saturated heterocycles. The SMILES string of the molecule is COc1ccc(C2NCCc3c2[nH]c2ccccc32)c(OC)c1. The molecule has 4 rings (SSSR count). The maximum atomic E-state index is 5.60. The van der Waals surface area contributed by atoms with Gasteiger partial charge in [-0.2, -0.15) is 0 Å². The van der Waals surface area contributed by atoms with E-state index in [1.807, 2.05) is 12.1 Å². The Morgan fingerprint density at radius 2 is 1.91 bits per heavy atom. The summed E-state index contributed by atoms with van der Waals surface area (Å²) in [5, 5.41) is 4.93. The van der Waals surface area contributed by atoms with Crippen LogP contribution in [0.15, 0.2) is 42.5 Å². The fourth-order valence-electron chi connectivity index (χ4n) is 3.50. The second kappa shape index (κ2) is 5.63. The zero-order valence-corrected chi connectivity index (χ0v) is 13.3. The van der Waals surface area contributed by atoms with Crippen molar-refractivity contribution in [1.29, 1.82) is 0 Å². The van der Waals surface area contributed by atoms with Gasteiger partial charge in [0.1, 0.15) is 11.5 Å². The van der Waals surface area contributed by atoms with Gasteiger partial charge in [-0.15, -0.1) is 0 Å². The van der Waals surface area contributed by atoms with Gasteiger partial charge in [0, 0.05) is 34.8 Å². The smallest absolute Gasteiger partial charge is 0.127 e. The average Bonchev–Trinajstić information content (AvgIpc) is 3.00. The number of fused-ring (bicyclic) bond motifs is 3. The van der Waals surface area contributed by atoms with Crippen molar-refractivity contribution in [1.82, 2.24) is 10.3 Å². The number of aromatic amines is 1. The van der Waals surface area contributed by atoms with E-state index in [2.05, 4.69) is 40.6 Å². The molecule has 4 heteroatoms. The van der Waals surface area contributed by atoms with Crippen LogP contribution >= 0.6 is 0 Å². The van der Waals surface area contributed by atoms with Crippen LogP contribution in [0.25, 0.3) is 10.9 Å². The number of hydrogen-bond acceptors (Lipinski definition) is 3. The Morgan fingerprint density at radius 1 is 1.04 bits per heavy atom. The van der Waals surface area contributed by atoms with Crippen LogP contribution in [0.2, 0.25) is 0 Å². The van der Waals surface area contributed by atoms with Crippen molar-refractivity contribution in [3.8, 4) is 11.5 Å². The molecule has 0 fully saturated rings. The highest BCUT2D eigenvalue weighted by atomic mass is 16.5. The van der Waals surface area contributed by atoms with Crippen LogP contribution in [0, 0.1) is 0 Å². The minimum atomic E-state index is 0.104. The van der Waals surface area contributed by atoms with Gasteiger partial charge in [0.25, 0.3) is 0 Å². The Bertz CT molecular complexity index is 854. The largest absolute Gasteiger partial charge is 0.497 e. The molecule has 2 heterocycles. The number of hydrogen-bond donors (Lipinski definition) is 2. The standard InChI is InChI=1S/C19H20N2O2/c1-22-12-7-8-15(17(11-12)23-2)18-19-14(9-10-20-18)13-5-3-4-6-16(13)21-19/h3-8,11,18,20-21H,9-10H2,1-2H3. The molecule has 118 valence electrons. The Hall–Kier alpha value is -2.46. The number of rotatable bonds is 3. The van der Waals surface area contributed by atoms with Gasteiger partial charge in [0.05, 0.1) is 20.3 Å². The Kier molecular flexibility index (Phi) is 3.46. The van der Waals surface area contributed by atoms with Gasteiger partial charge in [-0.1, -0.05) is 18.2 Å². The second-order valence-corrected chi connectivity index (χ2v) is 5.81. The molecule has 1 aliphatic rings. The summed E-state index contributed by atoms with van der Waals surface area (Å²) in [6, 6.07) is 14.6. The Labute approximate surface area is 135 Å². The van der Waals surface area contributed by atoms with Gasteiger partial charge < -0.3 is 19.8 Å². The summed E-state index contributed by atoms with van der Waals surface area (Å²) in [6.07, 6.45) is 1.04. The van der Waals surface area contributed by atoms with Gasteiger partial charge in [-0.05, 0) is 30.2 Å². The van der Waals surface area contributed by atoms with E-state index in [1.54, 1.807) is 14.2 Å². The van der Waals surface area contributed by atoms with E-state index < -0.39 is 0 Å². The number of para-hydroxylation sites is 1. The molecule has 2 aromatic carbocycles. The van der Waals surface area contributed by atoms with Crippen molar-refractivity contribution in [2.24, 2.45) is 0 Å². The first-order chi connectivity index (χ1) is 11.3. The van der Waals surface area contributed by atoms with Crippen molar-refractivity contribution < 1.29 is 9.47 Å². The molecule has 2 N–H and O–H groups in total. The molecule has 0 radical (unpaired) electrons. The monoisotopic (exact) mass is 308 g/mol. The lowest BCUT2D eigenvalue weighted by molar-refractivity contribution is 0.386. The zero-order valence-electron chi connectivity index (χ0n) is 13.3. The first-order valence-corrected chi connectivity index (χ1v) is 7.86. The summed E-state index contributed by atoms with van der Waals surface area (Å²) in [6.45, 7) is 0.953. The summed E-state index contributed by atoms with van der Waals surface area (Å²) >= 11 is 0. The highest BCUT2D eigenvalue weighted by Gasteiger charge is 2.27. The summed E-state index contributed by atoms with van der Waals surface area (Å²) in [4.78, 5) is 3.60. The lowest BCUT2D eigenvalue weighted by Crippen LogP contribution is -2.30. The molecule has 0 spiro atoms. The van der Waals surface area contributed by atoms with E-state index in [-0.39, 0.29) is 6.04 Å². The molecular weight excluding hydrogens is 288 g/mol. The lowest BCUT2D eigenvalue weighted by atomic mass is 9.93. The molecule has 1 aliphatic heterocycles. The molecule has 23 heavy (non-hydrogen) atoms. The summed E-state index contributed by atoms with van der Waals surface area (Å²) in [5.74, 6) is 1.65. The topological polar surface area (TPSA) is 46.3 Å². The fourth-order valence-corrected chi connectivity index (χ4v) is 3.50. The van der Waals surface area contributed by atoms with E-state index >= 15 is 0 Å². The van der Waals surface area contributed by atoms with Gasteiger partial charge in [-0.3, -0.25) is 0 Å². The summed E-state index contributed by atoms with van der Waals surface area (Å²) in [5.41, 5.74) is 4.96. The van der Waals surface area contributed by atoms with Crippen molar-refractivity contribution in [3.63, 3.8) is 0 Å². The highest BCUT2D eigenvalue weighted by molar-refractivity contribution is 5.85. The second-order valence-electron chi connectivity index (χ2n) is 5.81. The maximum absolute atomic E-state index is 5.60. The number of nitrogens with one attached hydrogen (secondary N) is 2. The van der Waals surface area contributed by atoms with E-state index in [0.717, 1.165) is 30.0 Å². The number of H-pyrrole nitrogens is 1. The predicted octanol–water partition coefficient (Wildman–Crippen LogP) is 3.42. The van der Waals surface area contributed by atoms with E-state index in [4.69, 9.17) is 9.47 Å². The first kappa shape index (κ1) is 14.2. The molecule has 0 amide bonds. The number of methoxy groups -OCH3 is 2. The molecular formula is C19H20N2O2. The maximum Gasteiger partial charge on any atom is 0.127 e. The normalized spacial score (nSPS) is 17.0. The fraction of sp³-hybridized carbons (Fsp3) is 0.263. The van der Waals surface area contributed by atoms with Crippen LogP contribution in [-0.4, -0.2) is 25.7 Å². The third-order valence-corrected chi connectivity index (χ3v) is 4.61. The average molecular weight is 308 g/mol. The number of ether oxygens (including phenoxy) is 2. The summed E-state index contributed by atoms with van der Waals surface area (Å²) < 4.78 is 10.9. The molecule has 1 unspecified atom stereocenters. The molecule has 1 atom stereocenters. The number of aromatic nitrogens is 1. The van der Waals surface area contributed by atoms with Gasteiger partial charge in [-0.25, -0.2) is 0 Å².